The molecule has 12 heavy (non-hydrogen) atoms. The third kappa shape index (κ3) is 3.78. The number of aliphatic imine (C=N–C) groups is 1. The number of isocyanates is 1. The standard InChI is InChI=1S/C7H15NO3Si/c1-4-5-7(8-6-9)12(10-2)11-3/h7,12H,4-5H2,1-3H3. The summed E-state index contributed by atoms with van der Waals surface area (Å²) in [6, 6.07) is 0. The van der Waals surface area contributed by atoms with E-state index in [1.54, 1.807) is 20.3 Å². The lowest BCUT2D eigenvalue weighted by atomic mass is 10.3. The first-order valence-corrected chi connectivity index (χ1v) is 5.53. The Morgan fingerprint density at radius 3 is 2.42 bits per heavy atom. The molecule has 0 aromatic heterocycles. The van der Waals surface area contributed by atoms with Gasteiger partial charge in [0.15, 0.2) is 0 Å². The van der Waals surface area contributed by atoms with Gasteiger partial charge in [-0.1, -0.05) is 13.3 Å². The molecule has 0 spiro atoms. The minimum absolute atomic E-state index is 0.0949. The maximum atomic E-state index is 10.0. The van der Waals surface area contributed by atoms with Crippen molar-refractivity contribution in [3.05, 3.63) is 0 Å². The van der Waals surface area contributed by atoms with Crippen LogP contribution in [0.3, 0.4) is 0 Å². The summed E-state index contributed by atoms with van der Waals surface area (Å²) >= 11 is 0. The van der Waals surface area contributed by atoms with Crippen molar-refractivity contribution in [2.45, 2.75) is 25.4 Å². The highest BCUT2D eigenvalue weighted by molar-refractivity contribution is 6.46. The van der Waals surface area contributed by atoms with Crippen LogP contribution in [-0.2, 0) is 13.6 Å². The highest BCUT2D eigenvalue weighted by atomic mass is 28.3. The third-order valence-corrected chi connectivity index (χ3v) is 3.62. The molecule has 0 N–H and O–H groups in total. The third-order valence-electron chi connectivity index (χ3n) is 1.58. The van der Waals surface area contributed by atoms with Crippen molar-refractivity contribution in [1.82, 2.24) is 0 Å². The van der Waals surface area contributed by atoms with Crippen LogP contribution in [0, 0.1) is 0 Å². The van der Waals surface area contributed by atoms with Gasteiger partial charge in [-0.3, -0.25) is 0 Å². The second-order valence-electron chi connectivity index (χ2n) is 2.42. The van der Waals surface area contributed by atoms with Gasteiger partial charge < -0.3 is 8.85 Å². The number of rotatable bonds is 6. The minimum atomic E-state index is -1.77. The molecule has 0 heterocycles. The van der Waals surface area contributed by atoms with E-state index in [1.807, 2.05) is 6.92 Å². The van der Waals surface area contributed by atoms with Crippen LogP contribution in [0.2, 0.25) is 0 Å². The van der Waals surface area contributed by atoms with Gasteiger partial charge in [-0.05, 0) is 6.42 Å². The van der Waals surface area contributed by atoms with Crippen LogP contribution in [-0.4, -0.2) is 35.2 Å². The molecule has 0 saturated carbocycles. The normalized spacial score (nSPS) is 12.7. The first-order chi connectivity index (χ1) is 5.79. The number of hydrogen-bond donors (Lipinski definition) is 0. The number of carbonyl (C=O) groups excluding carboxylic acids is 1. The Morgan fingerprint density at radius 1 is 1.50 bits per heavy atom. The van der Waals surface area contributed by atoms with Gasteiger partial charge in [0.25, 0.3) is 0 Å². The summed E-state index contributed by atoms with van der Waals surface area (Å²) in [6.45, 7) is 2.03. The zero-order chi connectivity index (χ0) is 9.40. The Hall–Kier alpha value is -0.483. The highest BCUT2D eigenvalue weighted by Crippen LogP contribution is 2.06. The minimum Gasteiger partial charge on any atom is -0.399 e. The first kappa shape index (κ1) is 11.5. The van der Waals surface area contributed by atoms with Crippen LogP contribution in [0.25, 0.3) is 0 Å². The second-order valence-corrected chi connectivity index (χ2v) is 4.87. The molecule has 0 saturated heterocycles. The van der Waals surface area contributed by atoms with E-state index in [4.69, 9.17) is 8.85 Å². The lowest BCUT2D eigenvalue weighted by Crippen LogP contribution is -2.33. The molecule has 0 aromatic carbocycles. The van der Waals surface area contributed by atoms with E-state index >= 15 is 0 Å². The van der Waals surface area contributed by atoms with Crippen LogP contribution in [0.4, 0.5) is 0 Å². The molecule has 0 aromatic rings. The molecule has 1 atom stereocenters. The summed E-state index contributed by atoms with van der Waals surface area (Å²) in [7, 11) is 1.40. The van der Waals surface area contributed by atoms with Crippen LogP contribution in [0.5, 0.6) is 0 Å². The fraction of sp³-hybridized carbons (Fsp3) is 0.857. The summed E-state index contributed by atoms with van der Waals surface area (Å²) in [5.74, 6) is 0. The first-order valence-electron chi connectivity index (χ1n) is 3.92. The average molecular weight is 189 g/mol. The molecule has 5 heteroatoms. The molecule has 0 amide bonds. The van der Waals surface area contributed by atoms with Gasteiger partial charge in [0, 0.05) is 14.2 Å². The Morgan fingerprint density at radius 2 is 2.08 bits per heavy atom. The molecule has 0 aliphatic carbocycles. The maximum Gasteiger partial charge on any atom is 0.347 e. The predicted molar refractivity (Wildman–Crippen MR) is 48.0 cm³/mol. The van der Waals surface area contributed by atoms with Gasteiger partial charge in [-0.15, -0.1) is 0 Å². The quantitative estimate of drug-likeness (QED) is 0.348. The van der Waals surface area contributed by atoms with Gasteiger partial charge in [0.2, 0.25) is 6.08 Å². The Labute approximate surface area is 74.4 Å². The molecular weight excluding hydrogens is 174 g/mol. The number of hydrogen-bond acceptors (Lipinski definition) is 4. The topological polar surface area (TPSA) is 47.9 Å². The summed E-state index contributed by atoms with van der Waals surface area (Å²) in [6.07, 6.45) is 3.34. The second kappa shape index (κ2) is 7.18. The molecule has 0 bridgehead atoms. The Bertz CT molecular complexity index is 155. The molecule has 0 radical (unpaired) electrons. The largest absolute Gasteiger partial charge is 0.399 e. The van der Waals surface area contributed by atoms with Crippen LogP contribution < -0.4 is 0 Å². The summed E-state index contributed by atoms with van der Waals surface area (Å²) in [4.78, 5) is 13.7. The monoisotopic (exact) mass is 189 g/mol. The van der Waals surface area contributed by atoms with Gasteiger partial charge >= 0.3 is 9.28 Å². The average Bonchev–Trinajstić information content (AvgIpc) is 2.07. The van der Waals surface area contributed by atoms with E-state index in [2.05, 4.69) is 4.99 Å². The van der Waals surface area contributed by atoms with E-state index in [0.29, 0.717) is 0 Å². The Kier molecular flexibility index (Phi) is 6.89. The molecule has 1 unspecified atom stereocenters. The predicted octanol–water partition coefficient (Wildman–Crippen LogP) is 0.543. The van der Waals surface area contributed by atoms with Crippen molar-refractivity contribution >= 4 is 15.4 Å². The summed E-state index contributed by atoms with van der Waals surface area (Å²) in [5.41, 5.74) is -0.0949. The Balaban J connectivity index is 4.14. The molecule has 70 valence electrons. The molecular formula is C7H15NO3Si. The van der Waals surface area contributed by atoms with Crippen molar-refractivity contribution < 1.29 is 13.6 Å². The van der Waals surface area contributed by atoms with E-state index < -0.39 is 9.28 Å². The van der Waals surface area contributed by atoms with Crippen molar-refractivity contribution in [2.24, 2.45) is 4.99 Å². The lowest BCUT2D eigenvalue weighted by Gasteiger charge is -2.16. The zero-order valence-corrected chi connectivity index (χ0v) is 8.90. The molecule has 4 nitrogen and oxygen atoms in total. The molecule has 0 aliphatic rings. The zero-order valence-electron chi connectivity index (χ0n) is 7.74. The lowest BCUT2D eigenvalue weighted by molar-refractivity contribution is 0.264. The van der Waals surface area contributed by atoms with Crippen LogP contribution in [0.15, 0.2) is 4.99 Å². The van der Waals surface area contributed by atoms with E-state index in [-0.39, 0.29) is 5.67 Å². The van der Waals surface area contributed by atoms with Crippen molar-refractivity contribution in [1.29, 1.82) is 0 Å². The van der Waals surface area contributed by atoms with Gasteiger partial charge in [-0.25, -0.2) is 9.79 Å². The van der Waals surface area contributed by atoms with Crippen LogP contribution >= 0.6 is 0 Å². The van der Waals surface area contributed by atoms with Crippen molar-refractivity contribution in [3.8, 4) is 0 Å². The summed E-state index contributed by atoms with van der Waals surface area (Å²) < 4.78 is 10.2. The smallest absolute Gasteiger partial charge is 0.347 e. The molecule has 0 aliphatic heterocycles. The highest BCUT2D eigenvalue weighted by Gasteiger charge is 2.22. The van der Waals surface area contributed by atoms with E-state index in [9.17, 15) is 4.79 Å². The fourth-order valence-corrected chi connectivity index (χ4v) is 2.64. The van der Waals surface area contributed by atoms with Crippen molar-refractivity contribution in [3.63, 3.8) is 0 Å². The number of nitrogens with zero attached hydrogens (tertiary/aromatic N) is 1. The SMILES string of the molecule is CCCC(N=C=O)[SiH](OC)OC. The van der Waals surface area contributed by atoms with Gasteiger partial charge in [0.05, 0.1) is 0 Å². The van der Waals surface area contributed by atoms with Gasteiger partial charge in [-0.2, -0.15) is 0 Å². The van der Waals surface area contributed by atoms with Crippen LogP contribution in [0.1, 0.15) is 19.8 Å². The van der Waals surface area contributed by atoms with E-state index in [1.165, 1.54) is 0 Å². The van der Waals surface area contributed by atoms with E-state index in [0.717, 1.165) is 12.8 Å². The maximum absolute atomic E-state index is 10.0. The summed E-state index contributed by atoms with van der Waals surface area (Å²) in [5, 5.41) is 0. The van der Waals surface area contributed by atoms with Gasteiger partial charge in [0.1, 0.15) is 5.67 Å². The fourth-order valence-electron chi connectivity index (χ4n) is 1.04. The molecule has 0 fully saturated rings. The molecule has 0 rings (SSSR count). The van der Waals surface area contributed by atoms with Crippen molar-refractivity contribution in [2.75, 3.05) is 14.2 Å².